The molecule has 0 saturated carbocycles. The molecular formula is C16H16ClNO. The Labute approximate surface area is 118 Å². The minimum atomic E-state index is -0.203. The monoisotopic (exact) mass is 273 g/mol. The molecule has 1 heterocycles. The molecule has 2 aromatic carbocycles. The predicted molar refractivity (Wildman–Crippen MR) is 77.9 cm³/mol. The minimum absolute atomic E-state index is 0.203. The summed E-state index contributed by atoms with van der Waals surface area (Å²) in [4.78, 5) is 0. The molecule has 0 spiro atoms. The topological polar surface area (TPSA) is 35.2 Å². The lowest BCUT2D eigenvalue weighted by molar-refractivity contribution is 0.352. The zero-order chi connectivity index (χ0) is 13.4. The van der Waals surface area contributed by atoms with Crippen molar-refractivity contribution in [1.82, 2.24) is 0 Å². The van der Waals surface area contributed by atoms with Crippen LogP contribution in [0.4, 0.5) is 0 Å². The van der Waals surface area contributed by atoms with Crippen molar-refractivity contribution < 1.29 is 4.74 Å². The van der Waals surface area contributed by atoms with E-state index in [0.29, 0.717) is 0 Å². The lowest BCUT2D eigenvalue weighted by atomic mass is 9.96. The fraction of sp³-hybridized carbons (Fsp3) is 0.250. The molecule has 3 heteroatoms. The van der Waals surface area contributed by atoms with Crippen molar-refractivity contribution in [1.29, 1.82) is 0 Å². The molecule has 1 aliphatic rings. The third-order valence-electron chi connectivity index (χ3n) is 3.63. The second kappa shape index (κ2) is 4.87. The van der Waals surface area contributed by atoms with Gasteiger partial charge in [0.25, 0.3) is 0 Å². The van der Waals surface area contributed by atoms with E-state index >= 15 is 0 Å². The molecule has 2 N–H and O–H groups in total. The number of fused-ring (bicyclic) bond motifs is 1. The van der Waals surface area contributed by atoms with E-state index in [2.05, 4.69) is 6.07 Å². The lowest BCUT2D eigenvalue weighted by Gasteiger charge is -2.16. The Bertz CT molecular complexity index is 624. The van der Waals surface area contributed by atoms with Crippen LogP contribution >= 0.6 is 11.6 Å². The maximum atomic E-state index is 6.37. The van der Waals surface area contributed by atoms with Gasteiger partial charge in [0.15, 0.2) is 0 Å². The predicted octanol–water partition coefficient (Wildman–Crippen LogP) is 3.63. The highest BCUT2D eigenvalue weighted by molar-refractivity contribution is 6.31. The van der Waals surface area contributed by atoms with Crippen molar-refractivity contribution in [2.75, 3.05) is 6.61 Å². The second-order valence-corrected chi connectivity index (χ2v) is 5.33. The van der Waals surface area contributed by atoms with Crippen LogP contribution in [0.3, 0.4) is 0 Å². The molecule has 2 nitrogen and oxygen atoms in total. The molecule has 19 heavy (non-hydrogen) atoms. The van der Waals surface area contributed by atoms with E-state index in [4.69, 9.17) is 22.1 Å². The summed E-state index contributed by atoms with van der Waals surface area (Å²) in [6.45, 7) is 2.73. The highest BCUT2D eigenvalue weighted by Gasteiger charge is 2.21. The van der Waals surface area contributed by atoms with E-state index in [1.54, 1.807) is 0 Å². The van der Waals surface area contributed by atoms with Gasteiger partial charge in [-0.1, -0.05) is 41.9 Å². The van der Waals surface area contributed by atoms with Crippen LogP contribution in [0.15, 0.2) is 36.4 Å². The zero-order valence-corrected chi connectivity index (χ0v) is 11.6. The Hall–Kier alpha value is -1.51. The molecule has 1 aliphatic heterocycles. The number of benzene rings is 2. The summed E-state index contributed by atoms with van der Waals surface area (Å²) in [5, 5.41) is 0.751. The van der Waals surface area contributed by atoms with Gasteiger partial charge in [0.1, 0.15) is 5.75 Å². The van der Waals surface area contributed by atoms with E-state index < -0.39 is 0 Å². The fourth-order valence-electron chi connectivity index (χ4n) is 2.47. The Balaban J connectivity index is 2.02. The maximum absolute atomic E-state index is 6.37. The molecule has 2 aromatic rings. The Morgan fingerprint density at radius 1 is 1.26 bits per heavy atom. The SMILES string of the molecule is Cc1ccc(C(N)c2cccc3c2OCC3)cc1Cl. The molecule has 0 saturated heterocycles. The van der Waals surface area contributed by atoms with Crippen LogP contribution in [-0.2, 0) is 6.42 Å². The Morgan fingerprint density at radius 3 is 2.89 bits per heavy atom. The van der Waals surface area contributed by atoms with E-state index in [1.165, 1.54) is 5.56 Å². The number of ether oxygens (including phenoxy) is 1. The van der Waals surface area contributed by atoms with Gasteiger partial charge in [-0.05, 0) is 29.7 Å². The van der Waals surface area contributed by atoms with Gasteiger partial charge in [-0.3, -0.25) is 0 Å². The number of hydrogen-bond donors (Lipinski definition) is 1. The van der Waals surface area contributed by atoms with Gasteiger partial charge in [-0.2, -0.15) is 0 Å². The van der Waals surface area contributed by atoms with Gasteiger partial charge in [0, 0.05) is 17.0 Å². The van der Waals surface area contributed by atoms with E-state index in [-0.39, 0.29) is 6.04 Å². The van der Waals surface area contributed by atoms with Gasteiger partial charge in [-0.15, -0.1) is 0 Å². The standard InChI is InChI=1S/C16H16ClNO/c1-10-5-6-12(9-14(10)17)15(18)13-4-2-3-11-7-8-19-16(11)13/h2-6,9,15H,7-8,18H2,1H3. The smallest absolute Gasteiger partial charge is 0.127 e. The number of aryl methyl sites for hydroxylation is 1. The molecule has 1 atom stereocenters. The third-order valence-corrected chi connectivity index (χ3v) is 4.04. The van der Waals surface area contributed by atoms with Crippen LogP contribution in [0.2, 0.25) is 5.02 Å². The summed E-state index contributed by atoms with van der Waals surface area (Å²) < 4.78 is 5.71. The molecule has 1 unspecified atom stereocenters. The fourth-order valence-corrected chi connectivity index (χ4v) is 2.66. The van der Waals surface area contributed by atoms with Gasteiger partial charge in [0.2, 0.25) is 0 Å². The molecular weight excluding hydrogens is 258 g/mol. The van der Waals surface area contributed by atoms with Crippen LogP contribution in [0.25, 0.3) is 0 Å². The normalized spacial score (nSPS) is 14.9. The lowest BCUT2D eigenvalue weighted by Crippen LogP contribution is -2.13. The molecule has 0 bridgehead atoms. The highest BCUT2D eigenvalue weighted by Crippen LogP contribution is 2.35. The number of halogens is 1. The average Bonchev–Trinajstić information content (AvgIpc) is 2.89. The summed E-state index contributed by atoms with van der Waals surface area (Å²) in [6.07, 6.45) is 0.963. The van der Waals surface area contributed by atoms with Gasteiger partial charge < -0.3 is 10.5 Å². The van der Waals surface area contributed by atoms with Crippen molar-refractivity contribution in [2.24, 2.45) is 5.73 Å². The van der Waals surface area contributed by atoms with Gasteiger partial charge in [0.05, 0.1) is 12.6 Å². The number of para-hydroxylation sites is 1. The minimum Gasteiger partial charge on any atom is -0.493 e. The largest absolute Gasteiger partial charge is 0.493 e. The second-order valence-electron chi connectivity index (χ2n) is 4.92. The van der Waals surface area contributed by atoms with E-state index in [9.17, 15) is 0 Å². The van der Waals surface area contributed by atoms with E-state index in [1.807, 2.05) is 37.3 Å². The molecule has 0 radical (unpaired) electrons. The number of nitrogens with two attached hydrogens (primary N) is 1. The van der Waals surface area contributed by atoms with Crippen molar-refractivity contribution in [3.63, 3.8) is 0 Å². The van der Waals surface area contributed by atoms with Crippen molar-refractivity contribution in [2.45, 2.75) is 19.4 Å². The van der Waals surface area contributed by atoms with Crippen molar-refractivity contribution in [3.8, 4) is 5.75 Å². The molecule has 3 rings (SSSR count). The molecule has 98 valence electrons. The maximum Gasteiger partial charge on any atom is 0.127 e. The van der Waals surface area contributed by atoms with Crippen molar-refractivity contribution >= 4 is 11.6 Å². The number of rotatable bonds is 2. The Morgan fingerprint density at radius 2 is 2.11 bits per heavy atom. The Kier molecular flexibility index (Phi) is 3.21. The summed E-state index contributed by atoms with van der Waals surface area (Å²) in [5.74, 6) is 0.951. The quantitative estimate of drug-likeness (QED) is 0.907. The summed E-state index contributed by atoms with van der Waals surface area (Å²) in [6, 6.07) is 11.9. The van der Waals surface area contributed by atoms with Crippen LogP contribution in [0.5, 0.6) is 5.75 Å². The molecule has 0 aromatic heterocycles. The molecule has 0 fully saturated rings. The first-order valence-corrected chi connectivity index (χ1v) is 6.81. The van der Waals surface area contributed by atoms with Crippen LogP contribution in [0.1, 0.15) is 28.3 Å². The summed E-state index contributed by atoms with van der Waals surface area (Å²) in [7, 11) is 0. The van der Waals surface area contributed by atoms with Gasteiger partial charge in [-0.25, -0.2) is 0 Å². The van der Waals surface area contributed by atoms with E-state index in [0.717, 1.165) is 40.5 Å². The third kappa shape index (κ3) is 2.22. The molecule has 0 amide bonds. The number of hydrogen-bond acceptors (Lipinski definition) is 2. The zero-order valence-electron chi connectivity index (χ0n) is 10.8. The first kappa shape index (κ1) is 12.5. The van der Waals surface area contributed by atoms with Crippen LogP contribution in [0, 0.1) is 6.92 Å². The van der Waals surface area contributed by atoms with Crippen LogP contribution < -0.4 is 10.5 Å². The van der Waals surface area contributed by atoms with Crippen LogP contribution in [-0.4, -0.2) is 6.61 Å². The van der Waals surface area contributed by atoms with Crippen molar-refractivity contribution in [3.05, 3.63) is 63.7 Å². The average molecular weight is 274 g/mol. The first-order valence-electron chi connectivity index (χ1n) is 6.43. The summed E-state index contributed by atoms with van der Waals surface area (Å²) in [5.41, 5.74) is 10.7. The van der Waals surface area contributed by atoms with Gasteiger partial charge >= 0.3 is 0 Å². The molecule has 0 aliphatic carbocycles. The highest BCUT2D eigenvalue weighted by atomic mass is 35.5. The first-order chi connectivity index (χ1) is 9.16. The summed E-state index contributed by atoms with van der Waals surface area (Å²) >= 11 is 6.18.